The number of carbonyl (C=O) groups is 1. The van der Waals surface area contributed by atoms with Crippen LogP contribution in [-0.2, 0) is 16.1 Å². The Hall–Kier alpha value is -1.19. The van der Waals surface area contributed by atoms with Gasteiger partial charge in [-0.1, -0.05) is 23.2 Å². The van der Waals surface area contributed by atoms with Gasteiger partial charge in [-0.15, -0.1) is 0 Å². The lowest BCUT2D eigenvalue weighted by Crippen LogP contribution is -2.30. The molecule has 0 aliphatic rings. The average Bonchev–Trinajstić information content (AvgIpc) is 2.71. The van der Waals surface area contributed by atoms with Gasteiger partial charge in [-0.2, -0.15) is 0 Å². The summed E-state index contributed by atoms with van der Waals surface area (Å²) in [5, 5.41) is 2.11. The van der Waals surface area contributed by atoms with Crippen molar-refractivity contribution in [1.82, 2.24) is 4.57 Å². The molecule has 0 saturated heterocycles. The van der Waals surface area contributed by atoms with E-state index in [0.29, 0.717) is 16.6 Å². The lowest BCUT2D eigenvalue weighted by Gasteiger charge is -2.22. The molecular formula is C14H15Cl2NO2. The molecule has 102 valence electrons. The number of methoxy groups -OCH3 is 1. The van der Waals surface area contributed by atoms with Crippen LogP contribution in [-0.4, -0.2) is 17.6 Å². The molecule has 0 fully saturated rings. The molecule has 1 aromatic carbocycles. The standard InChI is InChI=1S/C14H15Cl2NO2/c1-14(2,13(18)19-3)8-17-5-4-10-11(16)6-9(15)7-12(10)17/h4-7H,8H2,1-3H3. The van der Waals surface area contributed by atoms with Crippen LogP contribution in [0, 0.1) is 5.41 Å². The molecule has 0 aliphatic carbocycles. The van der Waals surface area contributed by atoms with Gasteiger partial charge >= 0.3 is 5.97 Å². The summed E-state index contributed by atoms with van der Waals surface area (Å²) in [5.74, 6) is -0.248. The molecule has 0 aliphatic heterocycles. The van der Waals surface area contributed by atoms with E-state index in [2.05, 4.69) is 0 Å². The second kappa shape index (κ2) is 5.06. The van der Waals surface area contributed by atoms with Crippen molar-refractivity contribution in [2.75, 3.05) is 7.11 Å². The fourth-order valence-corrected chi connectivity index (χ4v) is 2.67. The number of ether oxygens (including phenoxy) is 1. The van der Waals surface area contributed by atoms with Crippen LogP contribution < -0.4 is 0 Å². The second-order valence-corrected chi connectivity index (χ2v) is 5.98. The number of hydrogen-bond donors (Lipinski definition) is 0. The van der Waals surface area contributed by atoms with Crippen molar-refractivity contribution in [3.05, 3.63) is 34.4 Å². The van der Waals surface area contributed by atoms with Gasteiger partial charge in [0.1, 0.15) is 0 Å². The summed E-state index contributed by atoms with van der Waals surface area (Å²) in [4.78, 5) is 11.7. The van der Waals surface area contributed by atoms with Gasteiger partial charge in [0, 0.05) is 23.2 Å². The van der Waals surface area contributed by atoms with Crippen molar-refractivity contribution in [2.24, 2.45) is 5.41 Å². The number of carbonyl (C=O) groups excluding carboxylic acids is 1. The van der Waals surface area contributed by atoms with Crippen LogP contribution in [0.15, 0.2) is 24.4 Å². The SMILES string of the molecule is COC(=O)C(C)(C)Cn1ccc2c(Cl)cc(Cl)cc21. The Morgan fingerprint density at radius 2 is 2.05 bits per heavy atom. The topological polar surface area (TPSA) is 31.2 Å². The molecule has 2 aromatic rings. The number of aromatic nitrogens is 1. The summed E-state index contributed by atoms with van der Waals surface area (Å²) in [7, 11) is 1.39. The quantitative estimate of drug-likeness (QED) is 0.797. The molecule has 0 unspecified atom stereocenters. The van der Waals surface area contributed by atoms with E-state index in [4.69, 9.17) is 27.9 Å². The van der Waals surface area contributed by atoms with Gasteiger partial charge in [-0.3, -0.25) is 4.79 Å². The van der Waals surface area contributed by atoms with Crippen LogP contribution in [0.1, 0.15) is 13.8 Å². The zero-order valence-corrected chi connectivity index (χ0v) is 12.5. The zero-order valence-electron chi connectivity index (χ0n) is 11.0. The van der Waals surface area contributed by atoms with Gasteiger partial charge in [-0.25, -0.2) is 0 Å². The third-order valence-corrected chi connectivity index (χ3v) is 3.64. The molecule has 2 rings (SSSR count). The highest BCUT2D eigenvalue weighted by atomic mass is 35.5. The summed E-state index contributed by atoms with van der Waals surface area (Å²) >= 11 is 12.2. The van der Waals surface area contributed by atoms with E-state index in [1.807, 2.05) is 36.7 Å². The maximum atomic E-state index is 11.7. The number of hydrogen-bond acceptors (Lipinski definition) is 2. The number of rotatable bonds is 3. The molecule has 0 spiro atoms. The van der Waals surface area contributed by atoms with Gasteiger partial charge in [0.25, 0.3) is 0 Å². The Bertz CT molecular complexity index is 632. The summed E-state index contributed by atoms with van der Waals surface area (Å²) in [6, 6.07) is 5.47. The smallest absolute Gasteiger partial charge is 0.313 e. The maximum Gasteiger partial charge on any atom is 0.313 e. The number of nitrogens with zero attached hydrogens (tertiary/aromatic N) is 1. The van der Waals surface area contributed by atoms with Crippen LogP contribution in [0.2, 0.25) is 10.0 Å². The average molecular weight is 300 g/mol. The highest BCUT2D eigenvalue weighted by Gasteiger charge is 2.29. The predicted molar refractivity (Wildman–Crippen MR) is 77.8 cm³/mol. The molecule has 1 aromatic heterocycles. The largest absolute Gasteiger partial charge is 0.469 e. The predicted octanol–water partition coefficient (Wildman–Crippen LogP) is 4.15. The number of benzene rings is 1. The van der Waals surface area contributed by atoms with Crippen LogP contribution in [0.4, 0.5) is 0 Å². The monoisotopic (exact) mass is 299 g/mol. The molecule has 0 N–H and O–H groups in total. The minimum Gasteiger partial charge on any atom is -0.469 e. The van der Waals surface area contributed by atoms with E-state index < -0.39 is 5.41 Å². The first-order valence-corrected chi connectivity index (χ1v) is 6.63. The Morgan fingerprint density at radius 3 is 2.68 bits per heavy atom. The fourth-order valence-electron chi connectivity index (χ4n) is 2.12. The first kappa shape index (κ1) is 14.2. The summed E-state index contributed by atoms with van der Waals surface area (Å²) in [6.07, 6.45) is 1.90. The van der Waals surface area contributed by atoms with Crippen molar-refractivity contribution >= 4 is 40.1 Å². The summed E-state index contributed by atoms with van der Waals surface area (Å²) in [6.45, 7) is 4.19. The fraction of sp³-hybridized carbons (Fsp3) is 0.357. The van der Waals surface area contributed by atoms with Crippen LogP contribution in [0.25, 0.3) is 10.9 Å². The van der Waals surface area contributed by atoms with Crippen molar-refractivity contribution in [1.29, 1.82) is 0 Å². The van der Waals surface area contributed by atoms with Crippen LogP contribution in [0.5, 0.6) is 0 Å². The first-order valence-electron chi connectivity index (χ1n) is 5.87. The van der Waals surface area contributed by atoms with Crippen molar-refractivity contribution < 1.29 is 9.53 Å². The number of esters is 1. The molecule has 0 atom stereocenters. The maximum absolute atomic E-state index is 11.7. The van der Waals surface area contributed by atoms with E-state index in [0.717, 1.165) is 10.9 Å². The molecule has 0 bridgehead atoms. The molecule has 1 heterocycles. The van der Waals surface area contributed by atoms with E-state index in [9.17, 15) is 4.79 Å². The molecule has 0 amide bonds. The van der Waals surface area contributed by atoms with Gasteiger partial charge in [0.15, 0.2) is 0 Å². The molecule has 19 heavy (non-hydrogen) atoms. The summed E-state index contributed by atoms with van der Waals surface area (Å²) < 4.78 is 6.78. The van der Waals surface area contributed by atoms with Gasteiger partial charge in [0.2, 0.25) is 0 Å². The summed E-state index contributed by atoms with van der Waals surface area (Å²) in [5.41, 5.74) is 0.296. The Kier molecular flexibility index (Phi) is 3.79. The highest BCUT2D eigenvalue weighted by Crippen LogP contribution is 2.31. The van der Waals surface area contributed by atoms with Gasteiger partial charge in [0.05, 0.1) is 23.1 Å². The zero-order chi connectivity index (χ0) is 14.2. The lowest BCUT2D eigenvalue weighted by atomic mass is 9.93. The lowest BCUT2D eigenvalue weighted by molar-refractivity contribution is -0.151. The van der Waals surface area contributed by atoms with Crippen molar-refractivity contribution in [2.45, 2.75) is 20.4 Å². The minimum atomic E-state index is -0.616. The third kappa shape index (κ3) is 2.72. The highest BCUT2D eigenvalue weighted by molar-refractivity contribution is 6.38. The van der Waals surface area contributed by atoms with E-state index in [1.54, 1.807) is 6.07 Å². The second-order valence-electron chi connectivity index (χ2n) is 5.14. The van der Waals surface area contributed by atoms with Crippen molar-refractivity contribution in [3.63, 3.8) is 0 Å². The molecule has 5 heteroatoms. The van der Waals surface area contributed by atoms with E-state index >= 15 is 0 Å². The number of halogens is 2. The third-order valence-electron chi connectivity index (χ3n) is 3.11. The van der Waals surface area contributed by atoms with Crippen LogP contribution >= 0.6 is 23.2 Å². The Labute approximate surface area is 122 Å². The van der Waals surface area contributed by atoms with E-state index in [1.165, 1.54) is 7.11 Å². The van der Waals surface area contributed by atoms with Crippen molar-refractivity contribution in [3.8, 4) is 0 Å². The molecule has 3 nitrogen and oxygen atoms in total. The molecule has 0 saturated carbocycles. The molecular weight excluding hydrogens is 285 g/mol. The van der Waals surface area contributed by atoms with E-state index in [-0.39, 0.29) is 5.97 Å². The Morgan fingerprint density at radius 1 is 1.37 bits per heavy atom. The van der Waals surface area contributed by atoms with Gasteiger partial charge < -0.3 is 9.30 Å². The Balaban J connectivity index is 2.44. The minimum absolute atomic E-state index is 0.248. The first-order chi connectivity index (χ1) is 8.85. The van der Waals surface area contributed by atoms with Crippen LogP contribution in [0.3, 0.4) is 0 Å². The molecule has 0 radical (unpaired) electrons. The number of fused-ring (bicyclic) bond motifs is 1. The normalized spacial score (nSPS) is 11.8. The van der Waals surface area contributed by atoms with Gasteiger partial charge in [-0.05, 0) is 32.0 Å².